The Hall–Kier alpha value is -0.910. The van der Waals surface area contributed by atoms with Gasteiger partial charge in [-0.3, -0.25) is 9.48 Å². The number of ketones is 1. The van der Waals surface area contributed by atoms with E-state index < -0.39 is 0 Å². The van der Waals surface area contributed by atoms with Crippen molar-refractivity contribution in [3.63, 3.8) is 0 Å². The van der Waals surface area contributed by atoms with Crippen LogP contribution < -0.4 is 0 Å². The van der Waals surface area contributed by atoms with Gasteiger partial charge in [0, 0.05) is 13.2 Å². The summed E-state index contributed by atoms with van der Waals surface area (Å²) < 4.78 is 7.32. The molecule has 112 valence electrons. The smallest absolute Gasteiger partial charge is 0.211 e. The standard InChI is InChI=1S/C14H22ClN3O2/c1-4-20-14(10-5-6-10)13(19)12-11(15)9-16-18(12)8-7-17(2)3/h9-10,14H,4-8H2,1-3H3. The predicted molar refractivity (Wildman–Crippen MR) is 78.3 cm³/mol. The second kappa shape index (κ2) is 6.70. The Balaban J connectivity index is 2.17. The first-order chi connectivity index (χ1) is 9.54. The minimum absolute atomic E-state index is 0.0318. The molecule has 1 fully saturated rings. The monoisotopic (exact) mass is 299 g/mol. The number of carbonyl (C=O) groups is 1. The number of hydrogen-bond acceptors (Lipinski definition) is 4. The van der Waals surface area contributed by atoms with E-state index in [0.717, 1.165) is 19.4 Å². The molecule has 1 atom stereocenters. The molecule has 6 heteroatoms. The Bertz CT molecular complexity index is 469. The third-order valence-electron chi connectivity index (χ3n) is 3.44. The van der Waals surface area contributed by atoms with Gasteiger partial charge in [0.25, 0.3) is 0 Å². The van der Waals surface area contributed by atoms with Gasteiger partial charge in [0.2, 0.25) is 5.78 Å². The summed E-state index contributed by atoms with van der Waals surface area (Å²) >= 11 is 6.15. The van der Waals surface area contributed by atoms with Crippen molar-refractivity contribution in [1.82, 2.24) is 14.7 Å². The summed E-state index contributed by atoms with van der Waals surface area (Å²) in [4.78, 5) is 14.7. The van der Waals surface area contributed by atoms with Crippen LogP contribution in [0.5, 0.6) is 0 Å². The Morgan fingerprint density at radius 1 is 1.60 bits per heavy atom. The molecule has 5 nitrogen and oxygen atoms in total. The summed E-state index contributed by atoms with van der Waals surface area (Å²) in [5.74, 6) is 0.311. The number of carbonyl (C=O) groups excluding carboxylic acids is 1. The molecular formula is C14H22ClN3O2. The quantitative estimate of drug-likeness (QED) is 0.690. The molecule has 1 aromatic heterocycles. The first-order valence-corrected chi connectivity index (χ1v) is 7.44. The number of aromatic nitrogens is 2. The van der Waals surface area contributed by atoms with E-state index in [1.807, 2.05) is 25.9 Å². The van der Waals surface area contributed by atoms with Crippen molar-refractivity contribution in [2.45, 2.75) is 32.4 Å². The van der Waals surface area contributed by atoms with Crippen molar-refractivity contribution >= 4 is 17.4 Å². The highest BCUT2D eigenvalue weighted by Crippen LogP contribution is 2.36. The molecule has 0 bridgehead atoms. The van der Waals surface area contributed by atoms with Crippen LogP contribution in [0.3, 0.4) is 0 Å². The zero-order valence-electron chi connectivity index (χ0n) is 12.3. The van der Waals surface area contributed by atoms with E-state index in [4.69, 9.17) is 16.3 Å². The van der Waals surface area contributed by atoms with Crippen molar-refractivity contribution in [3.05, 3.63) is 16.9 Å². The average molecular weight is 300 g/mol. The molecule has 0 N–H and O–H groups in total. The molecule has 1 aromatic rings. The average Bonchev–Trinajstić information content (AvgIpc) is 3.16. The van der Waals surface area contributed by atoms with Gasteiger partial charge >= 0.3 is 0 Å². The van der Waals surface area contributed by atoms with E-state index in [9.17, 15) is 4.79 Å². The minimum atomic E-state index is -0.368. The van der Waals surface area contributed by atoms with Crippen molar-refractivity contribution in [1.29, 1.82) is 0 Å². The molecule has 1 heterocycles. The summed E-state index contributed by atoms with van der Waals surface area (Å²) in [5.41, 5.74) is 0.485. The maximum atomic E-state index is 12.7. The van der Waals surface area contributed by atoms with Crippen LogP contribution in [0, 0.1) is 5.92 Å². The number of hydrogen-bond donors (Lipinski definition) is 0. The maximum absolute atomic E-state index is 12.7. The van der Waals surface area contributed by atoms with Gasteiger partial charge in [-0.2, -0.15) is 5.10 Å². The molecule has 1 unspecified atom stereocenters. The third kappa shape index (κ3) is 3.59. The molecule has 0 radical (unpaired) electrons. The zero-order valence-corrected chi connectivity index (χ0v) is 13.1. The SMILES string of the molecule is CCOC(C(=O)c1c(Cl)cnn1CCN(C)C)C1CC1. The first kappa shape index (κ1) is 15.5. The van der Waals surface area contributed by atoms with Crippen molar-refractivity contribution in [3.8, 4) is 0 Å². The normalized spacial score (nSPS) is 16.6. The topological polar surface area (TPSA) is 47.4 Å². The molecule has 1 aliphatic rings. The van der Waals surface area contributed by atoms with Crippen LogP contribution in [0.25, 0.3) is 0 Å². The van der Waals surface area contributed by atoms with Crippen LogP contribution in [0.2, 0.25) is 5.02 Å². The number of rotatable bonds is 8. The summed E-state index contributed by atoms with van der Waals surface area (Å²) in [7, 11) is 3.97. The number of halogens is 1. The van der Waals surface area contributed by atoms with E-state index in [1.54, 1.807) is 10.9 Å². The van der Waals surface area contributed by atoms with Crippen LogP contribution in [-0.4, -0.2) is 53.8 Å². The van der Waals surface area contributed by atoms with Crippen LogP contribution in [-0.2, 0) is 11.3 Å². The molecule has 1 aliphatic carbocycles. The lowest BCUT2D eigenvalue weighted by Crippen LogP contribution is -2.30. The third-order valence-corrected chi connectivity index (χ3v) is 3.72. The maximum Gasteiger partial charge on any atom is 0.211 e. The Morgan fingerprint density at radius 3 is 2.85 bits per heavy atom. The van der Waals surface area contributed by atoms with E-state index in [-0.39, 0.29) is 11.9 Å². The largest absolute Gasteiger partial charge is 0.370 e. The summed E-state index contributed by atoms with van der Waals surface area (Å²) in [6.07, 6.45) is 3.28. The highest BCUT2D eigenvalue weighted by molar-refractivity contribution is 6.33. The van der Waals surface area contributed by atoms with Crippen molar-refractivity contribution < 1.29 is 9.53 Å². The molecular weight excluding hydrogens is 278 g/mol. The van der Waals surface area contributed by atoms with Gasteiger partial charge in [0.1, 0.15) is 11.8 Å². The number of ether oxygens (including phenoxy) is 1. The van der Waals surface area contributed by atoms with Crippen molar-refractivity contribution in [2.24, 2.45) is 5.92 Å². The van der Waals surface area contributed by atoms with E-state index in [1.165, 1.54) is 0 Å². The molecule has 0 saturated heterocycles. The second-order valence-corrected chi connectivity index (χ2v) is 5.85. The summed E-state index contributed by atoms with van der Waals surface area (Å²) in [6.45, 7) is 3.90. The number of Topliss-reactive ketones (excluding diaryl/α,β-unsaturated/α-hetero) is 1. The van der Waals surface area contributed by atoms with Crippen LogP contribution in [0.4, 0.5) is 0 Å². The fraction of sp³-hybridized carbons (Fsp3) is 0.714. The number of likely N-dealkylation sites (N-methyl/N-ethyl adjacent to an activating group) is 1. The van der Waals surface area contributed by atoms with Gasteiger partial charge in [-0.25, -0.2) is 0 Å². The second-order valence-electron chi connectivity index (χ2n) is 5.45. The molecule has 0 aromatic carbocycles. The lowest BCUT2D eigenvalue weighted by atomic mass is 10.1. The fourth-order valence-corrected chi connectivity index (χ4v) is 2.45. The fourth-order valence-electron chi connectivity index (χ4n) is 2.21. The summed E-state index contributed by atoms with van der Waals surface area (Å²) in [5, 5.41) is 4.63. The van der Waals surface area contributed by atoms with Crippen LogP contribution in [0.15, 0.2) is 6.20 Å². The van der Waals surface area contributed by atoms with E-state index in [2.05, 4.69) is 5.10 Å². The van der Waals surface area contributed by atoms with E-state index >= 15 is 0 Å². The van der Waals surface area contributed by atoms with Crippen molar-refractivity contribution in [2.75, 3.05) is 27.2 Å². The van der Waals surface area contributed by atoms with Crippen LogP contribution >= 0.6 is 11.6 Å². The van der Waals surface area contributed by atoms with Gasteiger partial charge in [0.15, 0.2) is 0 Å². The zero-order chi connectivity index (χ0) is 14.7. The summed E-state index contributed by atoms with van der Waals surface area (Å²) in [6, 6.07) is 0. The van der Waals surface area contributed by atoms with Gasteiger partial charge in [-0.1, -0.05) is 11.6 Å². The van der Waals surface area contributed by atoms with E-state index in [0.29, 0.717) is 29.8 Å². The predicted octanol–water partition coefficient (Wildman–Crippen LogP) is 2.10. The highest BCUT2D eigenvalue weighted by atomic mass is 35.5. The molecule has 20 heavy (non-hydrogen) atoms. The molecule has 2 rings (SSSR count). The lowest BCUT2D eigenvalue weighted by molar-refractivity contribution is 0.0365. The molecule has 0 amide bonds. The van der Waals surface area contributed by atoms with Crippen LogP contribution in [0.1, 0.15) is 30.3 Å². The first-order valence-electron chi connectivity index (χ1n) is 7.06. The molecule has 0 aliphatic heterocycles. The van der Waals surface area contributed by atoms with Gasteiger partial charge in [-0.05, 0) is 39.8 Å². The minimum Gasteiger partial charge on any atom is -0.370 e. The highest BCUT2D eigenvalue weighted by Gasteiger charge is 2.39. The lowest BCUT2D eigenvalue weighted by Gasteiger charge is -2.17. The van der Waals surface area contributed by atoms with Gasteiger partial charge in [0.05, 0.1) is 17.8 Å². The Kier molecular flexibility index (Phi) is 5.18. The molecule has 1 saturated carbocycles. The Morgan fingerprint density at radius 2 is 2.30 bits per heavy atom. The van der Waals surface area contributed by atoms with Gasteiger partial charge < -0.3 is 9.64 Å². The Labute approximate surface area is 124 Å². The molecule has 0 spiro atoms. The number of nitrogens with zero attached hydrogens (tertiary/aromatic N) is 3. The van der Waals surface area contributed by atoms with Gasteiger partial charge in [-0.15, -0.1) is 0 Å².